The van der Waals surface area contributed by atoms with Crippen molar-refractivity contribution in [2.75, 3.05) is 0 Å². The van der Waals surface area contributed by atoms with E-state index in [1.807, 2.05) is 30.3 Å². The highest BCUT2D eigenvalue weighted by Crippen LogP contribution is 2.34. The Balaban J connectivity index is 1.65. The third-order valence-corrected chi connectivity index (χ3v) is 5.44. The number of hydrogen-bond donors (Lipinski definition) is 2. The Morgan fingerprint density at radius 2 is 1.83 bits per heavy atom. The van der Waals surface area contributed by atoms with Gasteiger partial charge in [0.25, 0.3) is 0 Å². The van der Waals surface area contributed by atoms with Gasteiger partial charge in [-0.3, -0.25) is 4.79 Å². The lowest BCUT2D eigenvalue weighted by atomic mass is 9.98. The van der Waals surface area contributed by atoms with E-state index in [0.29, 0.717) is 19.3 Å². The van der Waals surface area contributed by atoms with Crippen LogP contribution in [-0.4, -0.2) is 40.3 Å². The van der Waals surface area contributed by atoms with Crippen molar-refractivity contribution in [1.82, 2.24) is 0 Å². The van der Waals surface area contributed by atoms with Crippen LogP contribution in [0, 0.1) is 0 Å². The maximum atomic E-state index is 13.0. The highest BCUT2D eigenvalue weighted by atomic mass is 16.6. The SMILES string of the molecule is O=C1/C=C/CCC2OC2C[C@@H](Cc2ccccc2)OC(=O)c2c(O)cc(O)cc2C1. The zero-order valence-electron chi connectivity index (χ0n) is 16.5. The number of ether oxygens (including phenoxy) is 2. The first-order valence-corrected chi connectivity index (χ1v) is 10.1. The van der Waals surface area contributed by atoms with Crippen molar-refractivity contribution in [1.29, 1.82) is 0 Å². The molecule has 0 aromatic heterocycles. The molecule has 2 N–H and O–H groups in total. The molecule has 2 unspecified atom stereocenters. The number of epoxide rings is 1. The van der Waals surface area contributed by atoms with Gasteiger partial charge in [0, 0.05) is 25.3 Å². The molecule has 0 amide bonds. The minimum absolute atomic E-state index is 0.00596. The Hall–Kier alpha value is -3.12. The first kappa shape index (κ1) is 20.2. The van der Waals surface area contributed by atoms with E-state index in [4.69, 9.17) is 9.47 Å². The molecule has 2 aliphatic heterocycles. The number of carbonyl (C=O) groups is 2. The minimum Gasteiger partial charge on any atom is -0.508 e. The summed E-state index contributed by atoms with van der Waals surface area (Å²) in [5.74, 6) is -1.56. The Morgan fingerprint density at radius 3 is 2.63 bits per heavy atom. The molecule has 0 radical (unpaired) electrons. The number of benzene rings is 2. The molecule has 156 valence electrons. The van der Waals surface area contributed by atoms with Crippen LogP contribution in [0.1, 0.15) is 40.7 Å². The molecule has 2 aromatic rings. The molecule has 2 heterocycles. The number of carbonyl (C=O) groups excluding carboxylic acids is 2. The number of aromatic hydroxyl groups is 2. The topological polar surface area (TPSA) is 96.4 Å². The molecule has 2 aromatic carbocycles. The summed E-state index contributed by atoms with van der Waals surface area (Å²) in [6, 6.07) is 12.1. The molecule has 1 fully saturated rings. The number of fused-ring (bicyclic) bond motifs is 2. The number of phenolic OH excluding ortho intramolecular Hbond substituents is 2. The van der Waals surface area contributed by atoms with Gasteiger partial charge in [-0.15, -0.1) is 0 Å². The summed E-state index contributed by atoms with van der Waals surface area (Å²) in [5, 5.41) is 20.2. The van der Waals surface area contributed by atoms with Crippen molar-refractivity contribution in [3.8, 4) is 11.5 Å². The van der Waals surface area contributed by atoms with E-state index in [9.17, 15) is 19.8 Å². The monoisotopic (exact) mass is 408 g/mol. The Kier molecular flexibility index (Phi) is 5.86. The van der Waals surface area contributed by atoms with Crippen LogP contribution in [0.5, 0.6) is 11.5 Å². The lowest BCUT2D eigenvalue weighted by molar-refractivity contribution is -0.114. The highest BCUT2D eigenvalue weighted by Gasteiger charge is 2.40. The maximum absolute atomic E-state index is 13.0. The van der Waals surface area contributed by atoms with Crippen LogP contribution in [0.4, 0.5) is 0 Å². The number of phenols is 2. The fraction of sp³-hybridized carbons (Fsp3) is 0.333. The van der Waals surface area contributed by atoms with Gasteiger partial charge >= 0.3 is 5.97 Å². The molecule has 30 heavy (non-hydrogen) atoms. The quantitative estimate of drug-likeness (QED) is 0.583. The zero-order chi connectivity index (χ0) is 21.1. The second kappa shape index (κ2) is 8.71. The molecule has 0 spiro atoms. The van der Waals surface area contributed by atoms with E-state index >= 15 is 0 Å². The van der Waals surface area contributed by atoms with Gasteiger partial charge in [-0.05, 0) is 36.1 Å². The van der Waals surface area contributed by atoms with Gasteiger partial charge in [0.1, 0.15) is 23.2 Å². The summed E-state index contributed by atoms with van der Waals surface area (Å²) in [7, 11) is 0. The molecule has 6 nitrogen and oxygen atoms in total. The average Bonchev–Trinajstić information content (AvgIpc) is 3.42. The van der Waals surface area contributed by atoms with Crippen LogP contribution in [-0.2, 0) is 27.1 Å². The van der Waals surface area contributed by atoms with E-state index in [1.54, 1.807) is 6.08 Å². The summed E-state index contributed by atoms with van der Waals surface area (Å²) >= 11 is 0. The first-order valence-electron chi connectivity index (χ1n) is 10.1. The van der Waals surface area contributed by atoms with Crippen molar-refractivity contribution in [2.24, 2.45) is 0 Å². The normalized spacial score (nSPS) is 25.4. The smallest absolute Gasteiger partial charge is 0.342 e. The highest BCUT2D eigenvalue weighted by molar-refractivity contribution is 5.98. The van der Waals surface area contributed by atoms with E-state index in [0.717, 1.165) is 18.1 Å². The largest absolute Gasteiger partial charge is 0.508 e. The molecule has 0 bridgehead atoms. The molecule has 3 atom stereocenters. The number of esters is 1. The number of ketones is 1. The van der Waals surface area contributed by atoms with E-state index in [-0.39, 0.29) is 41.3 Å². The summed E-state index contributed by atoms with van der Waals surface area (Å²) in [4.78, 5) is 25.3. The molecule has 0 aliphatic carbocycles. The molecule has 6 heteroatoms. The zero-order valence-corrected chi connectivity index (χ0v) is 16.5. The Morgan fingerprint density at radius 1 is 1.03 bits per heavy atom. The van der Waals surface area contributed by atoms with Gasteiger partial charge < -0.3 is 19.7 Å². The van der Waals surface area contributed by atoms with E-state index in [1.165, 1.54) is 12.1 Å². The van der Waals surface area contributed by atoms with Gasteiger partial charge in [0.05, 0.1) is 12.2 Å². The van der Waals surface area contributed by atoms with Crippen LogP contribution in [0.2, 0.25) is 0 Å². The van der Waals surface area contributed by atoms with Crippen molar-refractivity contribution >= 4 is 11.8 Å². The molecule has 2 aliphatic rings. The van der Waals surface area contributed by atoms with Crippen LogP contribution >= 0.6 is 0 Å². The van der Waals surface area contributed by atoms with Crippen LogP contribution in [0.25, 0.3) is 0 Å². The van der Waals surface area contributed by atoms with Crippen molar-refractivity contribution < 1.29 is 29.3 Å². The third-order valence-electron chi connectivity index (χ3n) is 5.44. The van der Waals surface area contributed by atoms with E-state index in [2.05, 4.69) is 0 Å². The van der Waals surface area contributed by atoms with E-state index < -0.39 is 17.8 Å². The Labute approximate surface area is 174 Å². The average molecular weight is 408 g/mol. The van der Waals surface area contributed by atoms with Crippen molar-refractivity contribution in [3.63, 3.8) is 0 Å². The van der Waals surface area contributed by atoms with Crippen LogP contribution in [0.3, 0.4) is 0 Å². The summed E-state index contributed by atoms with van der Waals surface area (Å²) in [6.45, 7) is 0. The summed E-state index contributed by atoms with van der Waals surface area (Å²) < 4.78 is 11.5. The van der Waals surface area contributed by atoms with Crippen molar-refractivity contribution in [2.45, 2.75) is 50.4 Å². The van der Waals surface area contributed by atoms with Gasteiger partial charge in [-0.25, -0.2) is 4.79 Å². The maximum Gasteiger partial charge on any atom is 0.342 e. The number of rotatable bonds is 2. The molecule has 0 saturated carbocycles. The summed E-state index contributed by atoms with van der Waals surface area (Å²) in [6.07, 6.45) is 5.42. The lowest BCUT2D eigenvalue weighted by Crippen LogP contribution is -2.24. The molecule has 4 rings (SSSR count). The van der Waals surface area contributed by atoms with Gasteiger partial charge in [0.15, 0.2) is 5.78 Å². The van der Waals surface area contributed by atoms with Gasteiger partial charge in [0.2, 0.25) is 0 Å². The third kappa shape index (κ3) is 4.89. The number of cyclic esters (lactones) is 1. The minimum atomic E-state index is -0.713. The van der Waals surface area contributed by atoms with Crippen LogP contribution < -0.4 is 0 Å². The Bertz CT molecular complexity index is 965. The standard InChI is InChI=1S/C24H24O6/c25-17-8-4-5-9-21-22(30-21)14-19(10-15-6-2-1-3-7-15)29-24(28)23-16(11-17)12-18(26)13-20(23)27/h1-4,6-8,12-13,19,21-22,26-27H,5,9-11,14H2/b8-4+/t19-,21?,22?/m1/s1. The van der Waals surface area contributed by atoms with Crippen molar-refractivity contribution in [3.05, 3.63) is 71.3 Å². The molecular formula is C24H24O6. The van der Waals surface area contributed by atoms with Crippen LogP contribution in [0.15, 0.2) is 54.6 Å². The second-order valence-electron chi connectivity index (χ2n) is 7.79. The first-order chi connectivity index (χ1) is 14.5. The predicted octanol–water partition coefficient (Wildman–Crippen LogP) is 3.49. The fourth-order valence-electron chi connectivity index (χ4n) is 3.93. The predicted molar refractivity (Wildman–Crippen MR) is 109 cm³/mol. The van der Waals surface area contributed by atoms with Gasteiger partial charge in [-0.1, -0.05) is 36.4 Å². The number of hydrogen-bond acceptors (Lipinski definition) is 6. The fourth-order valence-corrected chi connectivity index (χ4v) is 3.93. The summed E-state index contributed by atoms with van der Waals surface area (Å²) in [5.41, 5.74) is 1.18. The number of allylic oxidation sites excluding steroid dienone is 2. The van der Waals surface area contributed by atoms with Gasteiger partial charge in [-0.2, -0.15) is 0 Å². The molecular weight excluding hydrogens is 384 g/mol. The molecule has 1 saturated heterocycles. The second-order valence-corrected chi connectivity index (χ2v) is 7.79. The lowest BCUT2D eigenvalue weighted by Gasteiger charge is -2.19.